The van der Waals surface area contributed by atoms with Crippen LogP contribution in [-0.2, 0) is 9.53 Å². The van der Waals surface area contributed by atoms with E-state index < -0.39 is 0 Å². The second-order valence-corrected chi connectivity index (χ2v) is 4.37. The fourth-order valence-electron chi connectivity index (χ4n) is 1.67. The van der Waals surface area contributed by atoms with Crippen LogP contribution in [0, 0.1) is 0 Å². The Hall–Kier alpha value is -1.05. The molecule has 2 nitrogen and oxygen atoms in total. The van der Waals surface area contributed by atoms with Gasteiger partial charge in [0.1, 0.15) is 0 Å². The van der Waals surface area contributed by atoms with E-state index in [1.54, 1.807) is 6.92 Å². The average molecular weight is 238 g/mol. The first-order valence-electron chi connectivity index (χ1n) is 6.71. The third-order valence-corrected chi connectivity index (χ3v) is 2.77. The third kappa shape index (κ3) is 9.86. The van der Waals surface area contributed by atoms with Crippen LogP contribution in [0.2, 0.25) is 0 Å². The zero-order chi connectivity index (χ0) is 12.9. The standard InChI is InChI=1S/C15H26O2/c1-4-6-7-8-9-10-11-12-13-14(3)15(16)17-5-2/h5,13H,2,4,6-12H2,1,3H3. The van der Waals surface area contributed by atoms with Gasteiger partial charge in [0, 0.05) is 5.57 Å². The molecule has 0 radical (unpaired) electrons. The Morgan fingerprint density at radius 2 is 1.71 bits per heavy atom. The van der Waals surface area contributed by atoms with Crippen molar-refractivity contribution in [2.75, 3.05) is 0 Å². The Labute approximate surface area is 106 Å². The van der Waals surface area contributed by atoms with Crippen molar-refractivity contribution in [1.82, 2.24) is 0 Å². The number of unbranched alkanes of at least 4 members (excludes halogenated alkanes) is 7. The molecule has 0 bridgehead atoms. The van der Waals surface area contributed by atoms with E-state index in [0.29, 0.717) is 5.57 Å². The smallest absolute Gasteiger partial charge is 0.338 e. The molecule has 0 atom stereocenters. The molecule has 0 fully saturated rings. The summed E-state index contributed by atoms with van der Waals surface area (Å²) >= 11 is 0. The first kappa shape index (κ1) is 16.0. The van der Waals surface area contributed by atoms with Crippen LogP contribution in [0.4, 0.5) is 0 Å². The minimum atomic E-state index is -0.289. The van der Waals surface area contributed by atoms with E-state index in [-0.39, 0.29) is 5.97 Å². The highest BCUT2D eigenvalue weighted by Crippen LogP contribution is 2.09. The summed E-state index contributed by atoms with van der Waals surface area (Å²) < 4.78 is 4.68. The number of ether oxygens (including phenoxy) is 1. The molecule has 0 saturated heterocycles. The van der Waals surface area contributed by atoms with E-state index in [1.165, 1.54) is 44.8 Å². The Morgan fingerprint density at radius 1 is 1.12 bits per heavy atom. The Morgan fingerprint density at radius 3 is 2.29 bits per heavy atom. The van der Waals surface area contributed by atoms with E-state index in [1.807, 2.05) is 6.08 Å². The quantitative estimate of drug-likeness (QED) is 0.237. The van der Waals surface area contributed by atoms with Crippen LogP contribution in [0.5, 0.6) is 0 Å². The second-order valence-electron chi connectivity index (χ2n) is 4.37. The average Bonchev–Trinajstić information content (AvgIpc) is 2.32. The van der Waals surface area contributed by atoms with Crippen LogP contribution in [0.1, 0.15) is 65.2 Å². The topological polar surface area (TPSA) is 26.3 Å². The molecule has 17 heavy (non-hydrogen) atoms. The predicted octanol–water partition coefficient (Wildman–Crippen LogP) is 4.76. The first-order chi connectivity index (χ1) is 8.22. The van der Waals surface area contributed by atoms with Crippen LogP contribution >= 0.6 is 0 Å². The molecule has 0 spiro atoms. The number of carbonyl (C=O) groups excluding carboxylic acids is 1. The Kier molecular flexibility index (Phi) is 10.7. The molecule has 0 aliphatic carbocycles. The normalized spacial score (nSPS) is 11.3. The number of allylic oxidation sites excluding steroid dienone is 1. The van der Waals surface area contributed by atoms with Gasteiger partial charge < -0.3 is 4.74 Å². The van der Waals surface area contributed by atoms with Gasteiger partial charge in [-0.3, -0.25) is 0 Å². The number of carbonyl (C=O) groups is 1. The number of rotatable bonds is 10. The van der Waals surface area contributed by atoms with Crippen molar-refractivity contribution in [1.29, 1.82) is 0 Å². The molecular formula is C15H26O2. The SMILES string of the molecule is C=COC(=O)C(C)=CCCCCCCCCC. The highest BCUT2D eigenvalue weighted by Gasteiger charge is 2.02. The summed E-state index contributed by atoms with van der Waals surface area (Å²) in [6, 6.07) is 0. The molecule has 0 N–H and O–H groups in total. The van der Waals surface area contributed by atoms with Gasteiger partial charge in [-0.2, -0.15) is 0 Å². The van der Waals surface area contributed by atoms with Crippen molar-refractivity contribution < 1.29 is 9.53 Å². The summed E-state index contributed by atoms with van der Waals surface area (Å²) in [7, 11) is 0. The van der Waals surface area contributed by atoms with Crippen LogP contribution in [0.25, 0.3) is 0 Å². The van der Waals surface area contributed by atoms with E-state index in [4.69, 9.17) is 0 Å². The van der Waals surface area contributed by atoms with Crippen molar-refractivity contribution in [2.24, 2.45) is 0 Å². The fraction of sp³-hybridized carbons (Fsp3) is 0.667. The van der Waals surface area contributed by atoms with Gasteiger partial charge in [0.05, 0.1) is 6.26 Å². The maximum Gasteiger partial charge on any atom is 0.338 e. The predicted molar refractivity (Wildman–Crippen MR) is 72.7 cm³/mol. The second kappa shape index (κ2) is 11.4. The lowest BCUT2D eigenvalue weighted by Crippen LogP contribution is -2.00. The lowest BCUT2D eigenvalue weighted by Gasteiger charge is -2.00. The van der Waals surface area contributed by atoms with Crippen molar-refractivity contribution in [3.05, 3.63) is 24.5 Å². The Balaban J connectivity index is 3.45. The van der Waals surface area contributed by atoms with Crippen molar-refractivity contribution in [2.45, 2.75) is 65.2 Å². The van der Waals surface area contributed by atoms with Gasteiger partial charge >= 0.3 is 5.97 Å². The summed E-state index contributed by atoms with van der Waals surface area (Å²) in [6.07, 6.45) is 13.2. The minimum Gasteiger partial charge on any atom is -0.432 e. The van der Waals surface area contributed by atoms with Crippen LogP contribution in [0.15, 0.2) is 24.5 Å². The fourth-order valence-corrected chi connectivity index (χ4v) is 1.67. The highest BCUT2D eigenvalue weighted by atomic mass is 16.5. The molecule has 0 aliphatic heterocycles. The van der Waals surface area contributed by atoms with Crippen molar-refractivity contribution >= 4 is 5.97 Å². The summed E-state index contributed by atoms with van der Waals surface area (Å²) in [5.41, 5.74) is 0.677. The minimum absolute atomic E-state index is 0.289. The van der Waals surface area contributed by atoms with Gasteiger partial charge in [0.15, 0.2) is 0 Å². The molecule has 0 heterocycles. The summed E-state index contributed by atoms with van der Waals surface area (Å²) in [5.74, 6) is -0.289. The van der Waals surface area contributed by atoms with Gasteiger partial charge in [0.25, 0.3) is 0 Å². The molecule has 0 aromatic carbocycles. The molecule has 98 valence electrons. The van der Waals surface area contributed by atoms with E-state index in [9.17, 15) is 4.79 Å². The monoisotopic (exact) mass is 238 g/mol. The molecule has 0 aliphatic rings. The maximum atomic E-state index is 11.2. The molecular weight excluding hydrogens is 212 g/mol. The van der Waals surface area contributed by atoms with Gasteiger partial charge in [-0.15, -0.1) is 0 Å². The lowest BCUT2D eigenvalue weighted by atomic mass is 10.1. The molecule has 0 saturated carbocycles. The molecule has 0 rings (SSSR count). The number of esters is 1. The summed E-state index contributed by atoms with van der Waals surface area (Å²) in [6.45, 7) is 7.37. The van der Waals surface area contributed by atoms with Gasteiger partial charge in [-0.25, -0.2) is 4.79 Å². The van der Waals surface area contributed by atoms with E-state index in [0.717, 1.165) is 12.8 Å². The maximum absolute atomic E-state index is 11.2. The molecule has 2 heteroatoms. The van der Waals surface area contributed by atoms with Crippen LogP contribution in [0.3, 0.4) is 0 Å². The number of hydrogen-bond donors (Lipinski definition) is 0. The van der Waals surface area contributed by atoms with E-state index >= 15 is 0 Å². The zero-order valence-electron chi connectivity index (χ0n) is 11.3. The summed E-state index contributed by atoms with van der Waals surface area (Å²) in [5, 5.41) is 0. The van der Waals surface area contributed by atoms with Gasteiger partial charge in [-0.1, -0.05) is 58.1 Å². The molecule has 0 amide bonds. The molecule has 0 aromatic heterocycles. The van der Waals surface area contributed by atoms with Gasteiger partial charge in [0.2, 0.25) is 0 Å². The molecule has 0 aromatic rings. The number of hydrogen-bond acceptors (Lipinski definition) is 2. The zero-order valence-corrected chi connectivity index (χ0v) is 11.3. The molecule has 0 unspecified atom stereocenters. The highest BCUT2D eigenvalue weighted by molar-refractivity contribution is 5.88. The van der Waals surface area contributed by atoms with Gasteiger partial charge in [-0.05, 0) is 19.8 Å². The summed E-state index contributed by atoms with van der Waals surface area (Å²) in [4.78, 5) is 11.2. The van der Waals surface area contributed by atoms with Crippen molar-refractivity contribution in [3.8, 4) is 0 Å². The largest absolute Gasteiger partial charge is 0.432 e. The van der Waals surface area contributed by atoms with E-state index in [2.05, 4.69) is 18.2 Å². The first-order valence-corrected chi connectivity index (χ1v) is 6.71. The van der Waals surface area contributed by atoms with Crippen LogP contribution in [-0.4, -0.2) is 5.97 Å². The Bertz CT molecular complexity index is 241. The lowest BCUT2D eigenvalue weighted by molar-refractivity contribution is -0.133. The van der Waals surface area contributed by atoms with Crippen LogP contribution < -0.4 is 0 Å². The van der Waals surface area contributed by atoms with Crippen molar-refractivity contribution in [3.63, 3.8) is 0 Å². The third-order valence-electron chi connectivity index (χ3n) is 2.77.